The van der Waals surface area contributed by atoms with E-state index in [-0.39, 0.29) is 10.6 Å². The lowest BCUT2D eigenvalue weighted by molar-refractivity contribution is -0.123. The van der Waals surface area contributed by atoms with E-state index in [1.807, 2.05) is 4.72 Å². The summed E-state index contributed by atoms with van der Waals surface area (Å²) < 4.78 is 54.8. The lowest BCUT2D eigenvalue weighted by atomic mass is 10.1. The number of halogens is 2. The van der Waals surface area contributed by atoms with E-state index < -0.39 is 56.4 Å². The number of carboxylic acids is 1. The van der Waals surface area contributed by atoms with Crippen LogP contribution in [0.25, 0.3) is 0 Å². The zero-order chi connectivity index (χ0) is 23.3. The molecule has 0 unspecified atom stereocenters. The molecule has 2 N–H and O–H groups in total. The van der Waals surface area contributed by atoms with Gasteiger partial charge in [-0.25, -0.2) is 31.7 Å². The van der Waals surface area contributed by atoms with Gasteiger partial charge in [-0.1, -0.05) is 0 Å². The molecule has 1 saturated heterocycles. The number of hydrogen-bond acceptors (Lipinski definition) is 5. The van der Waals surface area contributed by atoms with Crippen LogP contribution in [0, 0.1) is 11.6 Å². The number of rotatable bonds is 5. The largest absolute Gasteiger partial charge is 0.478 e. The van der Waals surface area contributed by atoms with Crippen LogP contribution in [-0.2, 0) is 14.8 Å². The Kier molecular flexibility index (Phi) is 5.22. The summed E-state index contributed by atoms with van der Waals surface area (Å²) >= 11 is 0. The van der Waals surface area contributed by atoms with Crippen LogP contribution >= 0.6 is 0 Å². The molecule has 0 atom stereocenters. The van der Waals surface area contributed by atoms with E-state index in [0.717, 1.165) is 17.0 Å². The molecule has 0 bridgehead atoms. The van der Waals surface area contributed by atoms with Crippen molar-refractivity contribution >= 4 is 39.3 Å². The third-order valence-corrected chi connectivity index (χ3v) is 6.36. The van der Waals surface area contributed by atoms with E-state index in [2.05, 4.69) is 0 Å². The topological polar surface area (TPSA) is 124 Å². The van der Waals surface area contributed by atoms with Gasteiger partial charge in [0.25, 0.3) is 15.9 Å². The first-order valence-electron chi connectivity index (χ1n) is 8.75. The Hall–Kier alpha value is -3.54. The maximum atomic E-state index is 14.1. The molecule has 0 radical (unpaired) electrons. The number of likely N-dealkylation sites (N-methyl/N-ethyl adjacent to an activating group) is 1. The summed E-state index contributed by atoms with van der Waals surface area (Å²) in [6.45, 7) is 3.14. The number of benzene rings is 2. The number of imide groups is 1. The highest BCUT2D eigenvalue weighted by molar-refractivity contribution is 7.92. The van der Waals surface area contributed by atoms with Crippen molar-refractivity contribution in [1.29, 1.82) is 0 Å². The van der Waals surface area contributed by atoms with Crippen LogP contribution in [0.15, 0.2) is 41.3 Å². The first kappa shape index (κ1) is 22.2. The highest BCUT2D eigenvalue weighted by atomic mass is 32.2. The molecule has 1 aliphatic heterocycles. The molecule has 9 nitrogen and oxygen atoms in total. The lowest BCUT2D eigenvalue weighted by Gasteiger charge is -2.22. The average Bonchev–Trinajstić information content (AvgIpc) is 2.84. The van der Waals surface area contributed by atoms with Gasteiger partial charge in [-0.2, -0.15) is 0 Å². The van der Waals surface area contributed by atoms with E-state index in [1.54, 1.807) is 13.8 Å². The number of anilines is 2. The quantitative estimate of drug-likeness (QED) is 0.671. The summed E-state index contributed by atoms with van der Waals surface area (Å²) in [4.78, 5) is 37.5. The predicted molar refractivity (Wildman–Crippen MR) is 105 cm³/mol. The fourth-order valence-corrected chi connectivity index (χ4v) is 3.95. The van der Waals surface area contributed by atoms with Crippen molar-refractivity contribution in [1.82, 2.24) is 4.90 Å². The summed E-state index contributed by atoms with van der Waals surface area (Å²) in [6, 6.07) is 4.83. The van der Waals surface area contributed by atoms with Crippen molar-refractivity contribution in [3.05, 3.63) is 53.6 Å². The van der Waals surface area contributed by atoms with Gasteiger partial charge in [-0.15, -0.1) is 0 Å². The number of sulfonamides is 1. The Balaban J connectivity index is 1.89. The third-order valence-electron chi connectivity index (χ3n) is 4.98. The Morgan fingerprint density at radius 2 is 1.65 bits per heavy atom. The molecule has 1 heterocycles. The van der Waals surface area contributed by atoms with Crippen LogP contribution in [0.1, 0.15) is 24.2 Å². The number of amides is 3. The Bertz CT molecular complexity index is 1210. The molecule has 1 fully saturated rings. The molecule has 2 aromatic carbocycles. The van der Waals surface area contributed by atoms with Gasteiger partial charge in [-0.05, 0) is 44.2 Å². The number of nitrogens with one attached hydrogen (secondary N) is 1. The van der Waals surface area contributed by atoms with E-state index in [9.17, 15) is 31.6 Å². The van der Waals surface area contributed by atoms with Gasteiger partial charge in [-0.3, -0.25) is 9.52 Å². The fourth-order valence-electron chi connectivity index (χ4n) is 2.89. The van der Waals surface area contributed by atoms with Crippen LogP contribution in [0.2, 0.25) is 0 Å². The van der Waals surface area contributed by atoms with Crippen molar-refractivity contribution in [3.8, 4) is 0 Å². The van der Waals surface area contributed by atoms with Crippen molar-refractivity contribution in [2.24, 2.45) is 0 Å². The second-order valence-electron chi connectivity index (χ2n) is 7.26. The minimum atomic E-state index is -4.39. The van der Waals surface area contributed by atoms with E-state index in [4.69, 9.17) is 5.11 Å². The SMILES string of the molecule is CN1C(=O)N(c2ccc(S(=O)(=O)Nc3cc(F)c(C(=O)O)cc3F)cc2)C(=O)C1(C)C. The molecule has 0 aromatic heterocycles. The number of carbonyl (C=O) groups is 3. The number of nitrogens with zero attached hydrogens (tertiary/aromatic N) is 2. The zero-order valence-electron chi connectivity index (χ0n) is 16.5. The molecule has 2 aromatic rings. The predicted octanol–water partition coefficient (Wildman–Crippen LogP) is 2.64. The van der Waals surface area contributed by atoms with Crippen molar-refractivity contribution in [2.75, 3.05) is 16.7 Å². The highest BCUT2D eigenvalue weighted by Crippen LogP contribution is 2.31. The molecule has 1 aliphatic rings. The van der Waals surface area contributed by atoms with E-state index >= 15 is 0 Å². The van der Waals surface area contributed by atoms with Gasteiger partial charge in [0.05, 0.1) is 21.8 Å². The minimum absolute atomic E-state index is 0.134. The van der Waals surface area contributed by atoms with Crippen LogP contribution in [0.3, 0.4) is 0 Å². The smallest absolute Gasteiger partial charge is 0.338 e. The fraction of sp³-hybridized carbons (Fsp3) is 0.211. The highest BCUT2D eigenvalue weighted by Gasteiger charge is 2.49. The lowest BCUT2D eigenvalue weighted by Crippen LogP contribution is -2.41. The van der Waals surface area contributed by atoms with Crippen LogP contribution in [-0.4, -0.2) is 48.9 Å². The molecule has 31 heavy (non-hydrogen) atoms. The summed E-state index contributed by atoms with van der Waals surface area (Å²) in [5.74, 6) is -4.80. The second-order valence-corrected chi connectivity index (χ2v) is 8.94. The van der Waals surface area contributed by atoms with Gasteiger partial charge in [0.2, 0.25) is 0 Å². The number of hydrogen-bond donors (Lipinski definition) is 2. The minimum Gasteiger partial charge on any atom is -0.478 e. The maximum absolute atomic E-state index is 14.1. The molecular formula is C19H17F2N3O6S. The first-order chi connectivity index (χ1) is 14.3. The monoisotopic (exact) mass is 453 g/mol. The molecule has 164 valence electrons. The van der Waals surface area contributed by atoms with Gasteiger partial charge in [0.1, 0.15) is 17.2 Å². The van der Waals surface area contributed by atoms with Gasteiger partial charge in [0, 0.05) is 13.1 Å². The molecule has 3 amide bonds. The standard InChI is InChI=1S/C19H17F2N3O6S/c1-19(2)17(27)24(18(28)23(19)3)10-4-6-11(7-5-10)31(29,30)22-15-9-13(20)12(16(25)26)8-14(15)21/h4-9,22H,1-3H3,(H,25,26). The number of carboxylic acid groups (broad SMARTS) is 1. The van der Waals surface area contributed by atoms with Crippen molar-refractivity contribution in [2.45, 2.75) is 24.3 Å². The van der Waals surface area contributed by atoms with Gasteiger partial charge >= 0.3 is 12.0 Å². The normalized spacial score (nSPS) is 16.0. The number of carbonyl (C=O) groups excluding carboxylic acids is 2. The van der Waals surface area contributed by atoms with Crippen LogP contribution in [0.5, 0.6) is 0 Å². The molecule has 12 heteroatoms. The summed E-state index contributed by atoms with van der Waals surface area (Å²) in [7, 11) is -2.92. The van der Waals surface area contributed by atoms with Crippen LogP contribution < -0.4 is 9.62 Å². The van der Waals surface area contributed by atoms with E-state index in [0.29, 0.717) is 12.1 Å². The molecule has 0 saturated carbocycles. The second kappa shape index (κ2) is 7.30. The van der Waals surface area contributed by atoms with Gasteiger partial charge in [0.15, 0.2) is 0 Å². The van der Waals surface area contributed by atoms with Crippen molar-refractivity contribution in [3.63, 3.8) is 0 Å². The summed E-state index contributed by atoms with van der Waals surface area (Å²) in [5, 5.41) is 8.79. The van der Waals surface area contributed by atoms with Gasteiger partial charge < -0.3 is 10.0 Å². The Labute approximate surface area is 175 Å². The van der Waals surface area contributed by atoms with Crippen LogP contribution in [0.4, 0.5) is 25.0 Å². The Morgan fingerprint density at radius 3 is 2.13 bits per heavy atom. The maximum Gasteiger partial charge on any atom is 0.338 e. The molecular weight excluding hydrogens is 436 g/mol. The summed E-state index contributed by atoms with van der Waals surface area (Å²) in [5.41, 5.74) is -2.67. The van der Waals surface area contributed by atoms with E-state index in [1.165, 1.54) is 24.1 Å². The zero-order valence-corrected chi connectivity index (χ0v) is 17.3. The molecule has 0 spiro atoms. The first-order valence-corrected chi connectivity index (χ1v) is 10.2. The summed E-state index contributed by atoms with van der Waals surface area (Å²) in [6.07, 6.45) is 0. The Morgan fingerprint density at radius 1 is 1.06 bits per heavy atom. The number of aromatic carboxylic acids is 1. The molecule has 3 rings (SSSR count). The third kappa shape index (κ3) is 3.69. The molecule has 0 aliphatic carbocycles. The van der Waals surface area contributed by atoms with Crippen molar-refractivity contribution < 1.29 is 36.7 Å². The average molecular weight is 453 g/mol. The number of urea groups is 1.